The molecule has 0 aliphatic carbocycles. The number of carbonyl (C=O) groups excluding carboxylic acids is 2. The minimum absolute atomic E-state index is 0.0825. The van der Waals surface area contributed by atoms with Gasteiger partial charge in [-0.1, -0.05) is 30.3 Å². The Bertz CT molecular complexity index is 697. The van der Waals surface area contributed by atoms with Crippen LogP contribution in [-0.4, -0.2) is 41.8 Å². The summed E-state index contributed by atoms with van der Waals surface area (Å²) in [6, 6.07) is 9.49. The zero-order valence-electron chi connectivity index (χ0n) is 13.8. The smallest absolute Gasteiger partial charge is 0.266 e. The molecule has 0 saturated heterocycles. The molecule has 2 aromatic rings. The van der Waals surface area contributed by atoms with E-state index in [9.17, 15) is 9.59 Å². The number of aryl methyl sites for hydroxylation is 1. The van der Waals surface area contributed by atoms with Crippen LogP contribution in [0.15, 0.2) is 30.3 Å². The van der Waals surface area contributed by atoms with Gasteiger partial charge in [-0.15, -0.1) is 11.3 Å². The summed E-state index contributed by atoms with van der Waals surface area (Å²) in [5, 5.41) is 3.43. The molecule has 1 heterocycles. The van der Waals surface area contributed by atoms with Gasteiger partial charge in [0, 0.05) is 32.1 Å². The van der Waals surface area contributed by atoms with E-state index in [1.807, 2.05) is 44.2 Å². The van der Waals surface area contributed by atoms with Gasteiger partial charge in [0.1, 0.15) is 4.88 Å². The summed E-state index contributed by atoms with van der Waals surface area (Å²) in [7, 11) is 3.32. The highest BCUT2D eigenvalue weighted by Crippen LogP contribution is 2.29. The Labute approximate surface area is 140 Å². The van der Waals surface area contributed by atoms with Crippen LogP contribution >= 0.6 is 11.3 Å². The number of nitrogens with one attached hydrogen (secondary N) is 1. The fraction of sp³-hybridized carbons (Fsp3) is 0.353. The normalized spacial score (nSPS) is 11.8. The molecule has 1 unspecified atom stereocenters. The van der Waals surface area contributed by atoms with E-state index in [4.69, 9.17) is 0 Å². The average molecular weight is 331 g/mol. The second kappa shape index (κ2) is 7.37. The van der Waals surface area contributed by atoms with Crippen LogP contribution in [0.5, 0.6) is 0 Å². The number of benzene rings is 1. The zero-order chi connectivity index (χ0) is 17.0. The molecule has 0 radical (unpaired) electrons. The van der Waals surface area contributed by atoms with Crippen molar-refractivity contribution in [1.29, 1.82) is 0 Å². The number of carbonyl (C=O) groups is 2. The van der Waals surface area contributed by atoms with Crippen LogP contribution in [0.2, 0.25) is 0 Å². The van der Waals surface area contributed by atoms with E-state index < -0.39 is 0 Å². The Kier molecular flexibility index (Phi) is 5.50. The summed E-state index contributed by atoms with van der Waals surface area (Å²) in [6.45, 7) is 3.76. The molecular formula is C17H21N3O2S. The van der Waals surface area contributed by atoms with Crippen molar-refractivity contribution in [2.24, 2.45) is 0 Å². The lowest BCUT2D eigenvalue weighted by molar-refractivity contribution is -0.121. The molecule has 1 atom stereocenters. The molecule has 122 valence electrons. The van der Waals surface area contributed by atoms with Gasteiger partial charge in [0.05, 0.1) is 10.7 Å². The van der Waals surface area contributed by atoms with Gasteiger partial charge >= 0.3 is 0 Å². The lowest BCUT2D eigenvalue weighted by Crippen LogP contribution is -2.38. The van der Waals surface area contributed by atoms with Crippen molar-refractivity contribution in [1.82, 2.24) is 15.2 Å². The maximum atomic E-state index is 12.8. The fourth-order valence-electron chi connectivity index (χ4n) is 2.23. The molecule has 0 aliphatic heterocycles. The SMILES string of the molecule is CNC(=O)CC(C)N(C)C(=O)c1sc(C)nc1-c1ccccc1. The van der Waals surface area contributed by atoms with E-state index in [1.165, 1.54) is 11.3 Å². The van der Waals surface area contributed by atoms with E-state index >= 15 is 0 Å². The molecule has 0 bridgehead atoms. The monoisotopic (exact) mass is 331 g/mol. The number of rotatable bonds is 5. The number of nitrogens with zero attached hydrogens (tertiary/aromatic N) is 2. The zero-order valence-corrected chi connectivity index (χ0v) is 14.6. The molecule has 1 N–H and O–H groups in total. The van der Waals surface area contributed by atoms with Crippen molar-refractivity contribution >= 4 is 23.2 Å². The predicted octanol–water partition coefficient (Wildman–Crippen LogP) is 2.72. The summed E-state index contributed by atoms with van der Waals surface area (Å²) in [4.78, 5) is 31.1. The first kappa shape index (κ1) is 17.1. The molecule has 0 saturated carbocycles. The average Bonchev–Trinajstić information content (AvgIpc) is 2.95. The van der Waals surface area contributed by atoms with Crippen LogP contribution in [-0.2, 0) is 4.79 Å². The second-order valence-electron chi connectivity index (χ2n) is 5.42. The van der Waals surface area contributed by atoms with Crippen LogP contribution in [0, 0.1) is 6.92 Å². The first-order chi connectivity index (χ1) is 10.9. The van der Waals surface area contributed by atoms with Crippen molar-refractivity contribution in [2.75, 3.05) is 14.1 Å². The maximum absolute atomic E-state index is 12.8. The Hall–Kier alpha value is -2.21. The van der Waals surface area contributed by atoms with E-state index in [-0.39, 0.29) is 24.3 Å². The number of thiazole rings is 1. The topological polar surface area (TPSA) is 62.3 Å². The van der Waals surface area contributed by atoms with Crippen LogP contribution in [0.1, 0.15) is 28.0 Å². The minimum atomic E-state index is -0.187. The maximum Gasteiger partial charge on any atom is 0.266 e. The fourth-order valence-corrected chi connectivity index (χ4v) is 3.16. The van der Waals surface area contributed by atoms with Crippen molar-refractivity contribution in [2.45, 2.75) is 26.3 Å². The molecule has 1 aromatic heterocycles. The highest BCUT2D eigenvalue weighted by Gasteiger charge is 2.25. The third-order valence-corrected chi connectivity index (χ3v) is 4.68. The first-order valence-corrected chi connectivity index (χ1v) is 8.26. The van der Waals surface area contributed by atoms with Crippen molar-refractivity contribution in [3.63, 3.8) is 0 Å². The summed E-state index contributed by atoms with van der Waals surface area (Å²) < 4.78 is 0. The van der Waals surface area contributed by atoms with E-state index in [0.717, 1.165) is 10.6 Å². The highest BCUT2D eigenvalue weighted by atomic mass is 32.1. The summed E-state index contributed by atoms with van der Waals surface area (Å²) >= 11 is 1.38. The Balaban J connectivity index is 2.28. The van der Waals surface area contributed by atoms with Crippen molar-refractivity contribution < 1.29 is 9.59 Å². The van der Waals surface area contributed by atoms with Crippen LogP contribution in [0.3, 0.4) is 0 Å². The lowest BCUT2D eigenvalue weighted by atomic mass is 10.1. The largest absolute Gasteiger partial charge is 0.359 e. The van der Waals surface area contributed by atoms with Gasteiger partial charge in [0.2, 0.25) is 5.91 Å². The molecule has 0 aliphatic rings. The van der Waals surface area contributed by atoms with Crippen molar-refractivity contribution in [3.8, 4) is 11.3 Å². The first-order valence-electron chi connectivity index (χ1n) is 7.44. The Morgan fingerprint density at radius 1 is 1.30 bits per heavy atom. The molecule has 2 rings (SSSR count). The molecule has 0 fully saturated rings. The van der Waals surface area contributed by atoms with Crippen LogP contribution in [0.4, 0.5) is 0 Å². The third-order valence-electron chi connectivity index (χ3n) is 3.72. The van der Waals surface area contributed by atoms with Gasteiger partial charge in [-0.2, -0.15) is 0 Å². The number of hydrogen-bond acceptors (Lipinski definition) is 4. The van der Waals surface area contributed by atoms with E-state index in [0.29, 0.717) is 10.6 Å². The van der Waals surface area contributed by atoms with Gasteiger partial charge in [-0.05, 0) is 13.8 Å². The molecule has 2 amide bonds. The van der Waals surface area contributed by atoms with E-state index in [1.54, 1.807) is 19.0 Å². The Morgan fingerprint density at radius 3 is 2.57 bits per heavy atom. The predicted molar refractivity (Wildman–Crippen MR) is 92.5 cm³/mol. The highest BCUT2D eigenvalue weighted by molar-refractivity contribution is 7.14. The molecule has 0 spiro atoms. The molecule has 6 heteroatoms. The molecule has 23 heavy (non-hydrogen) atoms. The van der Waals surface area contributed by atoms with Gasteiger partial charge < -0.3 is 10.2 Å². The second-order valence-corrected chi connectivity index (χ2v) is 6.62. The minimum Gasteiger partial charge on any atom is -0.359 e. The van der Waals surface area contributed by atoms with E-state index in [2.05, 4.69) is 10.3 Å². The van der Waals surface area contributed by atoms with Gasteiger partial charge in [0.25, 0.3) is 5.91 Å². The molecule has 1 aromatic carbocycles. The number of hydrogen-bond donors (Lipinski definition) is 1. The summed E-state index contributed by atoms with van der Waals surface area (Å²) in [6.07, 6.45) is 0.275. The third kappa shape index (κ3) is 3.96. The lowest BCUT2D eigenvalue weighted by Gasteiger charge is -2.24. The van der Waals surface area contributed by atoms with Crippen LogP contribution < -0.4 is 5.32 Å². The quantitative estimate of drug-likeness (QED) is 0.916. The van der Waals surface area contributed by atoms with Gasteiger partial charge in [-0.3, -0.25) is 9.59 Å². The summed E-state index contributed by atoms with van der Waals surface area (Å²) in [5.74, 6) is -0.188. The standard InChI is InChI=1S/C17H21N3O2S/c1-11(10-14(21)18-3)20(4)17(22)16-15(19-12(2)23-16)13-8-6-5-7-9-13/h5-9,11H,10H2,1-4H3,(H,18,21). The van der Waals surface area contributed by atoms with Crippen LogP contribution in [0.25, 0.3) is 11.3 Å². The number of aromatic nitrogens is 1. The van der Waals surface area contributed by atoms with Crippen molar-refractivity contribution in [3.05, 3.63) is 40.2 Å². The van der Waals surface area contributed by atoms with Gasteiger partial charge in [0.15, 0.2) is 0 Å². The van der Waals surface area contributed by atoms with Gasteiger partial charge in [-0.25, -0.2) is 4.98 Å². The molecule has 5 nitrogen and oxygen atoms in total. The Morgan fingerprint density at radius 2 is 1.96 bits per heavy atom. The molecular weight excluding hydrogens is 310 g/mol. The number of amides is 2. The summed E-state index contributed by atoms with van der Waals surface area (Å²) in [5.41, 5.74) is 1.63.